The molecule has 2 aliphatic rings. The van der Waals surface area contributed by atoms with Gasteiger partial charge in [-0.1, -0.05) is 13.8 Å². The molecule has 2 aliphatic heterocycles. The first kappa shape index (κ1) is 19.5. The predicted molar refractivity (Wildman–Crippen MR) is 125 cm³/mol. The average molecular weight is 458 g/mol. The molecule has 164 valence electrons. The van der Waals surface area contributed by atoms with E-state index in [-0.39, 0.29) is 6.84 Å². The summed E-state index contributed by atoms with van der Waals surface area (Å²) in [6.45, 7) is 9.24. The maximum atomic E-state index is 11.5. The van der Waals surface area contributed by atoms with Gasteiger partial charge in [0.1, 0.15) is 6.33 Å². The molecule has 0 radical (unpaired) electrons. The predicted octanol–water partition coefficient (Wildman–Crippen LogP) is 3.85. The lowest BCUT2D eigenvalue weighted by molar-refractivity contribution is 0.0188. The molecule has 2 saturated heterocycles. The van der Waals surface area contributed by atoms with E-state index in [4.69, 9.17) is 0 Å². The van der Waals surface area contributed by atoms with E-state index in [0.717, 1.165) is 42.1 Å². The zero-order valence-electron chi connectivity index (χ0n) is 17.8. The Morgan fingerprint density at radius 1 is 1.29 bits per heavy atom. The number of hydrogen-bond donors (Lipinski definition) is 1. The molecule has 31 heavy (non-hydrogen) atoms. The van der Waals surface area contributed by atoms with E-state index in [0.29, 0.717) is 17.4 Å². The molecule has 2 fully saturated rings. The van der Waals surface area contributed by atoms with Crippen molar-refractivity contribution in [2.45, 2.75) is 33.2 Å². The average Bonchev–Trinajstić information content (AvgIpc) is 3.31. The monoisotopic (exact) mass is 457 g/mol. The second-order valence-electron chi connectivity index (χ2n) is 9.64. The van der Waals surface area contributed by atoms with Gasteiger partial charge >= 0.3 is 0 Å². The Morgan fingerprint density at radius 2 is 2.06 bits per heavy atom. The van der Waals surface area contributed by atoms with Crippen molar-refractivity contribution in [2.24, 2.45) is 5.41 Å². The van der Waals surface area contributed by atoms with Crippen molar-refractivity contribution < 1.29 is 9.84 Å². The summed E-state index contributed by atoms with van der Waals surface area (Å²) in [6.07, 6.45) is 3.64. The highest BCUT2D eigenvalue weighted by Crippen LogP contribution is 2.44. The first-order valence-corrected chi connectivity index (χ1v) is 13.2. The van der Waals surface area contributed by atoms with Crippen LogP contribution < -0.4 is 0 Å². The van der Waals surface area contributed by atoms with Crippen LogP contribution in [-0.2, 0) is 16.4 Å². The highest BCUT2D eigenvalue weighted by Gasteiger charge is 2.55. The van der Waals surface area contributed by atoms with E-state index in [9.17, 15) is 8.42 Å². The van der Waals surface area contributed by atoms with Crippen LogP contribution in [0, 0.1) is 12.3 Å². The van der Waals surface area contributed by atoms with Gasteiger partial charge in [-0.2, -0.15) is 5.10 Å². The Bertz CT molecular complexity index is 1430. The molecule has 6 heterocycles. The first-order valence-electron chi connectivity index (χ1n) is 10.6. The lowest BCUT2D eigenvalue weighted by Crippen LogP contribution is -2.67. The number of nitrogens with zero attached hydrogens (tertiary/aromatic N) is 4. The summed E-state index contributed by atoms with van der Waals surface area (Å²) in [5.74, 6) is 1.13. The minimum atomic E-state index is -2.76. The third-order valence-corrected chi connectivity index (χ3v) is 9.79. The van der Waals surface area contributed by atoms with Crippen molar-refractivity contribution in [1.82, 2.24) is 24.5 Å². The Balaban J connectivity index is 0.00000216. The number of fused-ring (bicyclic) bond motifs is 2. The Kier molecular flexibility index (Phi) is 4.02. The molecule has 1 spiro atoms. The zero-order valence-corrected chi connectivity index (χ0v) is 19.5. The van der Waals surface area contributed by atoms with Gasteiger partial charge in [-0.25, -0.2) is 17.9 Å². The topological polar surface area (TPSA) is 83.4 Å². The van der Waals surface area contributed by atoms with Crippen molar-refractivity contribution in [1.29, 1.82) is 0 Å². The van der Waals surface area contributed by atoms with Crippen LogP contribution in [0.5, 0.6) is 0 Å². The molecule has 0 bridgehead atoms. The molecule has 0 unspecified atom stereocenters. The molecule has 1 N–H and O–H groups in total. The fourth-order valence-corrected chi connectivity index (χ4v) is 8.95. The van der Waals surface area contributed by atoms with Gasteiger partial charge < -0.3 is 4.98 Å². The maximum Gasteiger partial charge on any atom is 0.158 e. The van der Waals surface area contributed by atoms with Crippen molar-refractivity contribution in [3.63, 3.8) is 0 Å². The van der Waals surface area contributed by atoms with Gasteiger partial charge in [-0.15, -0.1) is 11.3 Å². The van der Waals surface area contributed by atoms with E-state index < -0.39 is 9.84 Å². The second kappa shape index (κ2) is 6.40. The quantitative estimate of drug-likeness (QED) is 0.503. The van der Waals surface area contributed by atoms with Crippen molar-refractivity contribution in [3.05, 3.63) is 40.7 Å². The number of likely N-dealkylation sites (tertiary alicyclic amines) is 1. The van der Waals surface area contributed by atoms with Crippen LogP contribution in [0.1, 0.15) is 37.2 Å². The van der Waals surface area contributed by atoms with Crippen LogP contribution >= 0.6 is 11.3 Å². The molecule has 0 aliphatic carbocycles. The molecule has 0 amide bonds. The molecule has 6 rings (SSSR count). The van der Waals surface area contributed by atoms with Crippen LogP contribution in [0.25, 0.3) is 27.1 Å². The molecule has 0 saturated carbocycles. The van der Waals surface area contributed by atoms with Gasteiger partial charge in [0.15, 0.2) is 15.5 Å². The second-order valence-corrected chi connectivity index (χ2v) is 12.8. The molecule has 4 aromatic heterocycles. The zero-order chi connectivity index (χ0) is 21.5. The fraction of sp³-hybridized carbons (Fsp3) is 0.455. The highest BCUT2D eigenvalue weighted by atomic mass is 32.2. The Morgan fingerprint density at radius 3 is 2.77 bits per heavy atom. The number of H-pyrrole nitrogens is 1. The van der Waals surface area contributed by atoms with Crippen LogP contribution in [-0.4, -0.2) is 57.5 Å². The number of aryl methyl sites for hydroxylation is 1. The smallest absolute Gasteiger partial charge is 0.158 e. The summed E-state index contributed by atoms with van der Waals surface area (Å²) in [5.41, 5.74) is 6.84. The normalized spacial score (nSPS) is 20.0. The molecule has 0 atom stereocenters. The number of pyridine rings is 1. The van der Waals surface area contributed by atoms with E-state index in [2.05, 4.69) is 52.9 Å². The van der Waals surface area contributed by atoms with Crippen LogP contribution in [0.2, 0.25) is 0 Å². The molecule has 0 aromatic carbocycles. The SMILES string of the molecule is Cc1cc(-c2[nH]c3cc(CN4CC5(C4)CS(=O)(=O)C5)sc3c2C(C)C)cn2ncnc12.[HH]. The van der Waals surface area contributed by atoms with Gasteiger partial charge in [0.25, 0.3) is 0 Å². The van der Waals surface area contributed by atoms with E-state index in [1.165, 1.54) is 20.7 Å². The lowest BCUT2D eigenvalue weighted by atomic mass is 9.83. The minimum absolute atomic E-state index is 0. The highest BCUT2D eigenvalue weighted by molar-refractivity contribution is 7.92. The Hall–Kier alpha value is -2.23. The van der Waals surface area contributed by atoms with Gasteiger partial charge in [-0.3, -0.25) is 4.90 Å². The van der Waals surface area contributed by atoms with Gasteiger partial charge in [0.2, 0.25) is 0 Å². The largest absolute Gasteiger partial charge is 0.354 e. The first-order chi connectivity index (χ1) is 14.7. The fourth-order valence-electron chi connectivity index (χ4n) is 5.45. The maximum absolute atomic E-state index is 11.5. The number of sulfone groups is 1. The number of nitrogens with one attached hydrogen (secondary N) is 1. The summed E-state index contributed by atoms with van der Waals surface area (Å²) in [7, 11) is -2.76. The summed E-state index contributed by atoms with van der Waals surface area (Å²) in [6, 6.07) is 4.44. The van der Waals surface area contributed by atoms with Crippen molar-refractivity contribution in [2.75, 3.05) is 24.6 Å². The number of aromatic nitrogens is 4. The van der Waals surface area contributed by atoms with Gasteiger partial charge in [-0.05, 0) is 36.1 Å². The van der Waals surface area contributed by atoms with Crippen LogP contribution in [0.15, 0.2) is 24.7 Å². The third-order valence-electron chi connectivity index (χ3n) is 6.53. The summed E-state index contributed by atoms with van der Waals surface area (Å²) < 4.78 is 26.2. The van der Waals surface area contributed by atoms with Crippen molar-refractivity contribution in [3.8, 4) is 11.3 Å². The molecule has 7 nitrogen and oxygen atoms in total. The van der Waals surface area contributed by atoms with E-state index >= 15 is 0 Å². The third kappa shape index (κ3) is 3.05. The molecular weight excluding hydrogens is 430 g/mol. The molecule has 9 heteroatoms. The number of rotatable bonds is 4. The van der Waals surface area contributed by atoms with Gasteiger partial charge in [0.05, 0.1) is 27.4 Å². The summed E-state index contributed by atoms with van der Waals surface area (Å²) in [4.78, 5) is 11.7. The number of thiophene rings is 1. The molecule has 4 aromatic rings. The lowest BCUT2D eigenvalue weighted by Gasteiger charge is -2.54. The van der Waals surface area contributed by atoms with Crippen molar-refractivity contribution >= 4 is 37.0 Å². The van der Waals surface area contributed by atoms with Gasteiger partial charge in [0, 0.05) is 43.1 Å². The number of aromatic amines is 1. The standard InChI is InChI=1S/C22H25N5O2S2.H2/c1-13(2)18-19(15-4-14(3)21-23-12-24-27(21)6-15)25-17-5-16(30-20(17)18)7-26-8-22(9-26)10-31(28,29)11-22;/h4-6,12-13,25H,7-11H2,1-3H3;1H. The van der Waals surface area contributed by atoms with E-state index in [1.807, 2.05) is 22.0 Å². The summed E-state index contributed by atoms with van der Waals surface area (Å²) >= 11 is 1.85. The summed E-state index contributed by atoms with van der Waals surface area (Å²) in [5, 5.41) is 4.33. The van der Waals surface area contributed by atoms with Crippen LogP contribution in [0.3, 0.4) is 0 Å². The number of hydrogen-bond acceptors (Lipinski definition) is 6. The van der Waals surface area contributed by atoms with Crippen LogP contribution in [0.4, 0.5) is 0 Å². The molecular formula is C22H27N5O2S2. The minimum Gasteiger partial charge on any atom is -0.354 e. The van der Waals surface area contributed by atoms with E-state index in [1.54, 1.807) is 6.33 Å². The Labute approximate surface area is 186 Å².